The summed E-state index contributed by atoms with van der Waals surface area (Å²) in [6.45, 7) is 3.30. The molecule has 14 heavy (non-hydrogen) atoms. The fourth-order valence-electron chi connectivity index (χ4n) is 2.22. The Morgan fingerprint density at radius 3 is 3.00 bits per heavy atom. The van der Waals surface area contributed by atoms with E-state index < -0.39 is 0 Å². The van der Waals surface area contributed by atoms with Crippen LogP contribution in [0.4, 0.5) is 0 Å². The molecule has 1 atom stereocenters. The molecule has 0 radical (unpaired) electrons. The molecule has 1 aliphatic carbocycles. The van der Waals surface area contributed by atoms with Crippen molar-refractivity contribution in [3.63, 3.8) is 0 Å². The molecule has 0 bridgehead atoms. The van der Waals surface area contributed by atoms with Gasteiger partial charge in [0.25, 0.3) is 0 Å². The topological polar surface area (TPSA) is 24.9 Å². The van der Waals surface area contributed by atoms with Crippen LogP contribution in [-0.2, 0) is 6.54 Å². The lowest BCUT2D eigenvalue weighted by molar-refractivity contribution is 0.381. The van der Waals surface area contributed by atoms with E-state index in [2.05, 4.69) is 17.2 Å². The minimum absolute atomic E-state index is 0.666. The molecule has 2 rings (SSSR count). The zero-order valence-electron chi connectivity index (χ0n) is 8.70. The van der Waals surface area contributed by atoms with Crippen LogP contribution in [0.1, 0.15) is 37.5 Å². The van der Waals surface area contributed by atoms with E-state index in [1.807, 2.05) is 11.7 Å². The molecule has 3 heteroatoms. The molecule has 1 saturated carbocycles. The molecule has 1 fully saturated rings. The van der Waals surface area contributed by atoms with Gasteiger partial charge in [0.2, 0.25) is 0 Å². The van der Waals surface area contributed by atoms with E-state index in [1.54, 1.807) is 11.3 Å². The summed E-state index contributed by atoms with van der Waals surface area (Å²) in [6, 6.07) is 0.666. The Morgan fingerprint density at radius 2 is 2.36 bits per heavy atom. The Hall–Kier alpha value is -0.410. The molecule has 1 N–H and O–H groups in total. The summed E-state index contributed by atoms with van der Waals surface area (Å²) in [7, 11) is 0. The van der Waals surface area contributed by atoms with Crippen LogP contribution in [0.2, 0.25) is 0 Å². The Morgan fingerprint density at radius 1 is 1.57 bits per heavy atom. The van der Waals surface area contributed by atoms with Gasteiger partial charge in [0.05, 0.1) is 5.51 Å². The van der Waals surface area contributed by atoms with E-state index >= 15 is 0 Å². The predicted molar refractivity (Wildman–Crippen MR) is 60.4 cm³/mol. The monoisotopic (exact) mass is 210 g/mol. The number of aromatic nitrogens is 1. The highest BCUT2D eigenvalue weighted by atomic mass is 32.1. The number of rotatable bonds is 4. The Balaban J connectivity index is 1.74. The lowest BCUT2D eigenvalue weighted by atomic mass is 10.00. The Labute approximate surface area is 89.8 Å². The molecule has 0 saturated heterocycles. The first-order chi connectivity index (χ1) is 6.86. The molecule has 0 amide bonds. The average molecular weight is 210 g/mol. The summed E-state index contributed by atoms with van der Waals surface area (Å²) in [6.07, 6.45) is 7.64. The van der Waals surface area contributed by atoms with Gasteiger partial charge in [-0.3, -0.25) is 4.98 Å². The van der Waals surface area contributed by atoms with Crippen molar-refractivity contribution < 1.29 is 0 Å². The van der Waals surface area contributed by atoms with Crippen molar-refractivity contribution in [2.45, 2.75) is 45.2 Å². The van der Waals surface area contributed by atoms with Crippen molar-refractivity contribution in [3.05, 3.63) is 16.6 Å². The minimum atomic E-state index is 0.666. The van der Waals surface area contributed by atoms with E-state index in [1.165, 1.54) is 30.6 Å². The van der Waals surface area contributed by atoms with E-state index in [4.69, 9.17) is 0 Å². The van der Waals surface area contributed by atoms with Crippen LogP contribution in [0.25, 0.3) is 0 Å². The minimum Gasteiger partial charge on any atom is -0.309 e. The largest absolute Gasteiger partial charge is 0.309 e. The number of hydrogen-bond donors (Lipinski definition) is 1. The molecule has 2 nitrogen and oxygen atoms in total. The number of hydrogen-bond acceptors (Lipinski definition) is 3. The molecule has 78 valence electrons. The zero-order valence-corrected chi connectivity index (χ0v) is 9.52. The molecule has 1 aromatic heterocycles. The lowest BCUT2D eigenvalue weighted by Crippen LogP contribution is -2.31. The van der Waals surface area contributed by atoms with Crippen molar-refractivity contribution in [2.75, 3.05) is 0 Å². The van der Waals surface area contributed by atoms with Crippen molar-refractivity contribution in [1.29, 1.82) is 0 Å². The van der Waals surface area contributed by atoms with Gasteiger partial charge in [0.15, 0.2) is 0 Å². The second kappa shape index (κ2) is 4.89. The number of thiazole rings is 1. The van der Waals surface area contributed by atoms with Crippen molar-refractivity contribution in [3.8, 4) is 0 Å². The molecular weight excluding hydrogens is 192 g/mol. The highest BCUT2D eigenvalue weighted by molar-refractivity contribution is 7.09. The van der Waals surface area contributed by atoms with E-state index in [-0.39, 0.29) is 0 Å². The van der Waals surface area contributed by atoms with Crippen LogP contribution >= 0.6 is 11.3 Å². The van der Waals surface area contributed by atoms with Gasteiger partial charge in [0, 0.05) is 23.7 Å². The second-order valence-corrected chi connectivity index (χ2v) is 5.15. The standard InChI is InChI=1S/C11H18N2S/c1-9(10-4-2-3-5-10)13-7-11-6-12-8-14-11/h6,8-10,13H,2-5,7H2,1H3/t9-/m0/s1. The molecule has 1 heterocycles. The number of nitrogens with one attached hydrogen (secondary N) is 1. The fraction of sp³-hybridized carbons (Fsp3) is 0.727. The summed E-state index contributed by atoms with van der Waals surface area (Å²) in [4.78, 5) is 5.42. The van der Waals surface area contributed by atoms with Gasteiger partial charge < -0.3 is 5.32 Å². The zero-order chi connectivity index (χ0) is 9.80. The predicted octanol–water partition coefficient (Wildman–Crippen LogP) is 2.81. The smallest absolute Gasteiger partial charge is 0.0794 e. The van der Waals surface area contributed by atoms with Crippen LogP contribution in [0.3, 0.4) is 0 Å². The molecule has 0 aliphatic heterocycles. The van der Waals surface area contributed by atoms with Gasteiger partial charge in [0.1, 0.15) is 0 Å². The Bertz CT molecular complexity index is 252. The van der Waals surface area contributed by atoms with Gasteiger partial charge in [-0.25, -0.2) is 0 Å². The van der Waals surface area contributed by atoms with Gasteiger partial charge in [-0.2, -0.15) is 0 Å². The maximum absolute atomic E-state index is 4.08. The van der Waals surface area contributed by atoms with Crippen LogP contribution in [0.15, 0.2) is 11.7 Å². The van der Waals surface area contributed by atoms with E-state index in [0.29, 0.717) is 6.04 Å². The highest BCUT2D eigenvalue weighted by Gasteiger charge is 2.20. The van der Waals surface area contributed by atoms with E-state index in [9.17, 15) is 0 Å². The van der Waals surface area contributed by atoms with E-state index in [0.717, 1.165) is 12.5 Å². The molecule has 0 unspecified atom stereocenters. The third-order valence-corrected chi connectivity index (χ3v) is 3.97. The van der Waals surface area contributed by atoms with Gasteiger partial charge in [-0.15, -0.1) is 11.3 Å². The van der Waals surface area contributed by atoms with Gasteiger partial charge in [-0.05, 0) is 25.7 Å². The average Bonchev–Trinajstić information content (AvgIpc) is 2.87. The van der Waals surface area contributed by atoms with Gasteiger partial charge >= 0.3 is 0 Å². The molecule has 1 aromatic rings. The fourth-order valence-corrected chi connectivity index (χ4v) is 2.76. The lowest BCUT2D eigenvalue weighted by Gasteiger charge is -2.19. The summed E-state index contributed by atoms with van der Waals surface area (Å²) in [5.74, 6) is 0.905. The molecule has 1 aliphatic rings. The maximum Gasteiger partial charge on any atom is 0.0794 e. The van der Waals surface area contributed by atoms with Crippen molar-refractivity contribution in [1.82, 2.24) is 10.3 Å². The molecular formula is C11H18N2S. The first kappa shape index (κ1) is 10.1. The summed E-state index contributed by atoms with van der Waals surface area (Å²) < 4.78 is 0. The van der Waals surface area contributed by atoms with Crippen LogP contribution in [-0.4, -0.2) is 11.0 Å². The third kappa shape index (κ3) is 2.55. The van der Waals surface area contributed by atoms with Crippen molar-refractivity contribution in [2.24, 2.45) is 5.92 Å². The quantitative estimate of drug-likeness (QED) is 0.826. The summed E-state index contributed by atoms with van der Waals surface area (Å²) in [5.41, 5.74) is 1.90. The van der Waals surface area contributed by atoms with Crippen LogP contribution < -0.4 is 5.32 Å². The van der Waals surface area contributed by atoms with Crippen molar-refractivity contribution >= 4 is 11.3 Å². The third-order valence-electron chi connectivity index (χ3n) is 3.19. The molecule has 0 aromatic carbocycles. The van der Waals surface area contributed by atoms with Crippen LogP contribution in [0.5, 0.6) is 0 Å². The summed E-state index contributed by atoms with van der Waals surface area (Å²) >= 11 is 1.73. The first-order valence-electron chi connectivity index (χ1n) is 5.47. The second-order valence-electron chi connectivity index (χ2n) is 4.18. The van der Waals surface area contributed by atoms with Gasteiger partial charge in [-0.1, -0.05) is 12.8 Å². The SMILES string of the molecule is C[C@H](NCc1cncs1)C1CCCC1. The normalized spacial score (nSPS) is 20.1. The first-order valence-corrected chi connectivity index (χ1v) is 6.35. The highest BCUT2D eigenvalue weighted by Crippen LogP contribution is 2.27. The molecule has 0 spiro atoms. The summed E-state index contributed by atoms with van der Waals surface area (Å²) in [5, 5.41) is 3.60. The maximum atomic E-state index is 4.08. The van der Waals surface area contributed by atoms with Crippen LogP contribution in [0, 0.1) is 5.92 Å². The Kier molecular flexibility index (Phi) is 3.54. The number of nitrogens with zero attached hydrogens (tertiary/aromatic N) is 1.